The number of hydrogen-bond acceptors (Lipinski definition) is 6. The van der Waals surface area contributed by atoms with Gasteiger partial charge in [-0.15, -0.1) is 23.1 Å². The summed E-state index contributed by atoms with van der Waals surface area (Å²) in [5.41, 5.74) is 6.62. The molecule has 0 aromatic carbocycles. The van der Waals surface area contributed by atoms with Crippen LogP contribution in [-0.4, -0.2) is 32.3 Å². The number of anilines is 2. The van der Waals surface area contributed by atoms with E-state index in [1.807, 2.05) is 6.26 Å². The Hall–Kier alpha value is -0.720. The third-order valence-corrected chi connectivity index (χ3v) is 4.96. The molecule has 0 aliphatic rings. The van der Waals surface area contributed by atoms with Crippen LogP contribution in [0.25, 0.3) is 0 Å². The maximum absolute atomic E-state index is 11.5. The number of nitrogens with one attached hydrogen (secondary N) is 1. The zero-order chi connectivity index (χ0) is 14.3. The molecular weight excluding hydrogens is 280 g/mol. The summed E-state index contributed by atoms with van der Waals surface area (Å²) < 4.78 is 5.01. The second-order valence-corrected chi connectivity index (χ2v) is 6.08. The highest BCUT2D eigenvalue weighted by Crippen LogP contribution is 2.41. The SMILES string of the molecule is COCCCCCNc1sc(C(C)=O)c(N)c1SC. The Kier molecular flexibility index (Phi) is 7.27. The Bertz CT molecular complexity index is 419. The average Bonchev–Trinajstić information content (AvgIpc) is 2.70. The van der Waals surface area contributed by atoms with Gasteiger partial charge in [0.2, 0.25) is 0 Å². The minimum Gasteiger partial charge on any atom is -0.396 e. The van der Waals surface area contributed by atoms with Crippen LogP contribution in [0.1, 0.15) is 35.9 Å². The smallest absolute Gasteiger partial charge is 0.171 e. The molecule has 0 atom stereocenters. The van der Waals surface area contributed by atoms with Crippen molar-refractivity contribution in [3.8, 4) is 0 Å². The summed E-state index contributed by atoms with van der Waals surface area (Å²) in [6.45, 7) is 3.27. The van der Waals surface area contributed by atoms with Gasteiger partial charge in [-0.3, -0.25) is 4.79 Å². The number of unbranched alkanes of at least 4 members (excludes halogenated alkanes) is 2. The first kappa shape index (κ1) is 16.3. The minimum absolute atomic E-state index is 0.0333. The molecule has 0 saturated carbocycles. The van der Waals surface area contributed by atoms with E-state index in [4.69, 9.17) is 10.5 Å². The van der Waals surface area contributed by atoms with Crippen molar-refractivity contribution in [2.45, 2.75) is 31.1 Å². The zero-order valence-corrected chi connectivity index (χ0v) is 13.4. The molecule has 6 heteroatoms. The van der Waals surface area contributed by atoms with Crippen molar-refractivity contribution in [3.63, 3.8) is 0 Å². The first-order chi connectivity index (χ1) is 9.11. The van der Waals surface area contributed by atoms with Crippen LogP contribution >= 0.6 is 23.1 Å². The molecule has 19 heavy (non-hydrogen) atoms. The van der Waals surface area contributed by atoms with Gasteiger partial charge in [0.1, 0.15) is 5.00 Å². The summed E-state index contributed by atoms with van der Waals surface area (Å²) in [5, 5.41) is 4.40. The standard InChI is InChI=1S/C13H22N2O2S2/c1-9(16)11-10(14)12(18-3)13(19-11)15-7-5-4-6-8-17-2/h15H,4-8,14H2,1-3H3. The number of Topliss-reactive ketones (excluding diaryl/α,β-unsaturated/α-hetero) is 1. The molecule has 1 aromatic heterocycles. The van der Waals surface area contributed by atoms with E-state index >= 15 is 0 Å². The van der Waals surface area contributed by atoms with Crippen LogP contribution in [0, 0.1) is 0 Å². The lowest BCUT2D eigenvalue weighted by molar-refractivity contribution is 0.102. The molecule has 0 saturated heterocycles. The Labute approximate surface area is 123 Å². The molecule has 1 heterocycles. The van der Waals surface area contributed by atoms with Crippen molar-refractivity contribution in [3.05, 3.63) is 4.88 Å². The number of ketones is 1. The number of nitrogen functional groups attached to an aromatic ring is 1. The summed E-state index contributed by atoms with van der Waals surface area (Å²) in [4.78, 5) is 13.1. The number of nitrogens with two attached hydrogens (primary N) is 1. The highest BCUT2D eigenvalue weighted by molar-refractivity contribution is 7.99. The number of ether oxygens (including phenoxy) is 1. The lowest BCUT2D eigenvalue weighted by Crippen LogP contribution is -2.01. The lowest BCUT2D eigenvalue weighted by Gasteiger charge is -2.06. The molecule has 0 aliphatic carbocycles. The van der Waals surface area contributed by atoms with E-state index in [2.05, 4.69) is 5.32 Å². The van der Waals surface area contributed by atoms with Gasteiger partial charge in [0, 0.05) is 27.2 Å². The molecule has 0 radical (unpaired) electrons. The van der Waals surface area contributed by atoms with E-state index in [0.29, 0.717) is 10.6 Å². The summed E-state index contributed by atoms with van der Waals surface area (Å²) in [6, 6.07) is 0. The largest absolute Gasteiger partial charge is 0.396 e. The van der Waals surface area contributed by atoms with Gasteiger partial charge in [0.05, 0.1) is 15.5 Å². The van der Waals surface area contributed by atoms with Gasteiger partial charge in [-0.2, -0.15) is 0 Å². The maximum atomic E-state index is 11.5. The fourth-order valence-corrected chi connectivity index (χ4v) is 3.72. The van der Waals surface area contributed by atoms with Gasteiger partial charge in [0.25, 0.3) is 0 Å². The topological polar surface area (TPSA) is 64.3 Å². The number of thiophene rings is 1. The van der Waals surface area contributed by atoms with Crippen molar-refractivity contribution >= 4 is 39.6 Å². The number of hydrogen-bond donors (Lipinski definition) is 2. The molecule has 0 aliphatic heterocycles. The van der Waals surface area contributed by atoms with E-state index < -0.39 is 0 Å². The molecule has 3 N–H and O–H groups in total. The van der Waals surface area contributed by atoms with Crippen molar-refractivity contribution < 1.29 is 9.53 Å². The Morgan fingerprint density at radius 3 is 2.74 bits per heavy atom. The van der Waals surface area contributed by atoms with E-state index in [1.165, 1.54) is 11.3 Å². The van der Waals surface area contributed by atoms with Crippen LogP contribution in [0.5, 0.6) is 0 Å². The summed E-state index contributed by atoms with van der Waals surface area (Å²) in [5.74, 6) is 0.0333. The monoisotopic (exact) mass is 302 g/mol. The molecule has 4 nitrogen and oxygen atoms in total. The van der Waals surface area contributed by atoms with Crippen LogP contribution in [0.4, 0.5) is 10.7 Å². The lowest BCUT2D eigenvalue weighted by atomic mass is 10.2. The average molecular weight is 302 g/mol. The highest BCUT2D eigenvalue weighted by atomic mass is 32.2. The highest BCUT2D eigenvalue weighted by Gasteiger charge is 2.17. The van der Waals surface area contributed by atoms with Crippen molar-refractivity contribution in [1.29, 1.82) is 0 Å². The second kappa shape index (κ2) is 8.45. The third-order valence-electron chi connectivity index (χ3n) is 2.73. The van der Waals surface area contributed by atoms with Crippen LogP contribution < -0.4 is 11.1 Å². The van der Waals surface area contributed by atoms with E-state index in [0.717, 1.165) is 42.3 Å². The Balaban J connectivity index is 2.53. The Morgan fingerprint density at radius 2 is 2.16 bits per heavy atom. The number of rotatable bonds is 9. The van der Waals surface area contributed by atoms with Gasteiger partial charge in [-0.25, -0.2) is 0 Å². The molecule has 1 aromatic rings. The molecule has 0 fully saturated rings. The minimum atomic E-state index is 0.0333. The quantitative estimate of drug-likeness (QED) is 0.415. The van der Waals surface area contributed by atoms with Gasteiger partial charge in [-0.05, 0) is 25.5 Å². The van der Waals surface area contributed by atoms with Crippen LogP contribution in [0.15, 0.2) is 4.90 Å². The first-order valence-electron chi connectivity index (χ1n) is 6.31. The number of carbonyl (C=O) groups is 1. The summed E-state index contributed by atoms with van der Waals surface area (Å²) in [7, 11) is 1.72. The van der Waals surface area contributed by atoms with Crippen molar-refractivity contribution in [2.24, 2.45) is 0 Å². The molecular formula is C13H22N2O2S2. The second-order valence-electron chi connectivity index (χ2n) is 4.24. The van der Waals surface area contributed by atoms with E-state index in [1.54, 1.807) is 25.8 Å². The maximum Gasteiger partial charge on any atom is 0.171 e. The zero-order valence-electron chi connectivity index (χ0n) is 11.7. The third kappa shape index (κ3) is 4.71. The van der Waals surface area contributed by atoms with Crippen LogP contribution in [0.3, 0.4) is 0 Å². The van der Waals surface area contributed by atoms with Crippen LogP contribution in [0.2, 0.25) is 0 Å². The number of carbonyl (C=O) groups excluding carboxylic acids is 1. The van der Waals surface area contributed by atoms with E-state index in [-0.39, 0.29) is 5.78 Å². The predicted octanol–water partition coefficient (Wildman–Crippen LogP) is 3.48. The predicted molar refractivity (Wildman–Crippen MR) is 84.7 cm³/mol. The van der Waals surface area contributed by atoms with E-state index in [9.17, 15) is 4.79 Å². The Morgan fingerprint density at radius 1 is 1.42 bits per heavy atom. The molecule has 1 rings (SSSR count). The molecule has 0 unspecified atom stereocenters. The van der Waals surface area contributed by atoms with Crippen molar-refractivity contribution in [2.75, 3.05) is 37.6 Å². The number of thioether (sulfide) groups is 1. The molecule has 0 bridgehead atoms. The van der Waals surface area contributed by atoms with Crippen molar-refractivity contribution in [1.82, 2.24) is 0 Å². The first-order valence-corrected chi connectivity index (χ1v) is 8.36. The normalized spacial score (nSPS) is 10.7. The fourth-order valence-electron chi connectivity index (χ4n) is 1.76. The number of methoxy groups -OCH3 is 1. The molecule has 0 amide bonds. The van der Waals surface area contributed by atoms with Gasteiger partial charge >= 0.3 is 0 Å². The van der Waals surface area contributed by atoms with Gasteiger partial charge < -0.3 is 15.8 Å². The summed E-state index contributed by atoms with van der Waals surface area (Å²) in [6.07, 6.45) is 5.28. The van der Waals surface area contributed by atoms with Gasteiger partial charge in [0.15, 0.2) is 5.78 Å². The van der Waals surface area contributed by atoms with Gasteiger partial charge in [-0.1, -0.05) is 0 Å². The summed E-state index contributed by atoms with van der Waals surface area (Å²) >= 11 is 3.04. The fraction of sp³-hybridized carbons (Fsp3) is 0.615. The molecule has 108 valence electrons. The molecule has 0 spiro atoms. The van der Waals surface area contributed by atoms with Crippen LogP contribution in [-0.2, 0) is 4.74 Å².